The fourth-order valence-corrected chi connectivity index (χ4v) is 5.20. The van der Waals surface area contributed by atoms with Crippen molar-refractivity contribution in [3.8, 4) is 17.3 Å². The lowest BCUT2D eigenvalue weighted by molar-refractivity contribution is 0.126. The van der Waals surface area contributed by atoms with Crippen LogP contribution in [0, 0.1) is 0 Å². The highest BCUT2D eigenvalue weighted by Crippen LogP contribution is 2.35. The summed E-state index contributed by atoms with van der Waals surface area (Å²) in [7, 11) is 0. The van der Waals surface area contributed by atoms with Gasteiger partial charge in [-0.3, -0.25) is 4.57 Å². The fraction of sp³-hybridized carbons (Fsp3) is 0.360. The maximum absolute atomic E-state index is 10.6. The standard InChI is InChI=1S/C25H27N3O3S/c29-21(16-31-22-13-12-18-7-4-5-8-19(18)15-22)17-32-25-27-26-24(23-11-6-14-30-23)28(25)20-9-2-1-3-10-20/h4-8,11-15,20-21,29H,1-3,9-10,16-17H2. The minimum absolute atomic E-state index is 0.230. The molecule has 2 heterocycles. The number of aliphatic hydroxyl groups is 1. The Morgan fingerprint density at radius 1 is 1.03 bits per heavy atom. The van der Waals surface area contributed by atoms with Gasteiger partial charge in [0.05, 0.1) is 12.4 Å². The van der Waals surface area contributed by atoms with E-state index in [2.05, 4.69) is 26.9 Å². The number of aromatic nitrogens is 3. The first kappa shape index (κ1) is 21.1. The number of thioether (sulfide) groups is 1. The molecule has 2 aromatic heterocycles. The Labute approximate surface area is 191 Å². The molecule has 1 unspecified atom stereocenters. The Morgan fingerprint density at radius 2 is 1.88 bits per heavy atom. The van der Waals surface area contributed by atoms with Crippen molar-refractivity contribution >= 4 is 22.5 Å². The molecular formula is C25H27N3O3S. The summed E-state index contributed by atoms with van der Waals surface area (Å²) in [5.41, 5.74) is 0. The Morgan fingerprint density at radius 3 is 2.69 bits per heavy atom. The molecule has 6 nitrogen and oxygen atoms in total. The van der Waals surface area contributed by atoms with Crippen LogP contribution < -0.4 is 4.74 Å². The molecule has 5 rings (SSSR count). The molecule has 0 bridgehead atoms. The minimum atomic E-state index is -0.616. The van der Waals surface area contributed by atoms with Crippen LogP contribution >= 0.6 is 11.8 Å². The number of aliphatic hydroxyl groups excluding tert-OH is 1. The molecule has 32 heavy (non-hydrogen) atoms. The largest absolute Gasteiger partial charge is 0.491 e. The topological polar surface area (TPSA) is 73.3 Å². The van der Waals surface area contributed by atoms with Crippen LogP contribution in [-0.4, -0.2) is 38.3 Å². The molecule has 7 heteroatoms. The van der Waals surface area contributed by atoms with Gasteiger partial charge in [-0.2, -0.15) is 0 Å². The molecule has 1 aliphatic rings. The van der Waals surface area contributed by atoms with Crippen molar-refractivity contribution in [2.24, 2.45) is 0 Å². The van der Waals surface area contributed by atoms with E-state index in [1.54, 1.807) is 6.26 Å². The Bertz CT molecular complexity index is 1150. The molecule has 1 aliphatic carbocycles. The number of rotatable bonds is 8. The summed E-state index contributed by atoms with van der Waals surface area (Å²) in [5, 5.41) is 22.5. The molecule has 2 aromatic carbocycles. The van der Waals surface area contributed by atoms with E-state index < -0.39 is 6.10 Å². The number of hydrogen-bond donors (Lipinski definition) is 1. The molecule has 0 amide bonds. The van der Waals surface area contributed by atoms with Crippen LogP contribution in [0.25, 0.3) is 22.4 Å². The van der Waals surface area contributed by atoms with Crippen LogP contribution in [-0.2, 0) is 0 Å². The van der Waals surface area contributed by atoms with Gasteiger partial charge in [-0.15, -0.1) is 10.2 Å². The first-order valence-electron chi connectivity index (χ1n) is 11.2. The number of fused-ring (bicyclic) bond motifs is 1. The quantitative estimate of drug-likeness (QED) is 0.346. The summed E-state index contributed by atoms with van der Waals surface area (Å²) in [6, 6.07) is 18.3. The van der Waals surface area contributed by atoms with E-state index in [0.717, 1.165) is 40.7 Å². The molecule has 1 N–H and O–H groups in total. The van der Waals surface area contributed by atoms with Crippen molar-refractivity contribution in [3.63, 3.8) is 0 Å². The van der Waals surface area contributed by atoms with Gasteiger partial charge in [-0.1, -0.05) is 61.4 Å². The van der Waals surface area contributed by atoms with Crippen LogP contribution in [0.1, 0.15) is 38.1 Å². The van der Waals surface area contributed by atoms with Gasteiger partial charge in [0.2, 0.25) is 5.82 Å². The molecule has 1 saturated carbocycles. The monoisotopic (exact) mass is 449 g/mol. The zero-order valence-electron chi connectivity index (χ0n) is 17.9. The fourth-order valence-electron chi connectivity index (χ4n) is 4.29. The van der Waals surface area contributed by atoms with Gasteiger partial charge < -0.3 is 14.3 Å². The van der Waals surface area contributed by atoms with Crippen molar-refractivity contribution in [1.82, 2.24) is 14.8 Å². The van der Waals surface area contributed by atoms with E-state index in [-0.39, 0.29) is 6.61 Å². The van der Waals surface area contributed by atoms with Gasteiger partial charge in [0.1, 0.15) is 12.4 Å². The van der Waals surface area contributed by atoms with Crippen LogP contribution in [0.4, 0.5) is 0 Å². The minimum Gasteiger partial charge on any atom is -0.491 e. The van der Waals surface area contributed by atoms with Gasteiger partial charge >= 0.3 is 0 Å². The highest BCUT2D eigenvalue weighted by molar-refractivity contribution is 7.99. The summed E-state index contributed by atoms with van der Waals surface area (Å²) in [4.78, 5) is 0. The normalized spacial score (nSPS) is 15.8. The van der Waals surface area contributed by atoms with E-state index in [1.807, 2.05) is 42.5 Å². The van der Waals surface area contributed by atoms with Gasteiger partial charge in [0, 0.05) is 11.8 Å². The summed E-state index contributed by atoms with van der Waals surface area (Å²) in [6.45, 7) is 0.230. The zero-order valence-corrected chi connectivity index (χ0v) is 18.7. The lowest BCUT2D eigenvalue weighted by Crippen LogP contribution is -2.21. The van der Waals surface area contributed by atoms with E-state index in [9.17, 15) is 5.11 Å². The number of benzene rings is 2. The Kier molecular flexibility index (Phi) is 6.46. The molecule has 1 atom stereocenters. The number of furan rings is 1. The molecule has 166 valence electrons. The summed E-state index contributed by atoms with van der Waals surface area (Å²) in [5.74, 6) is 2.75. The zero-order chi connectivity index (χ0) is 21.8. The molecular weight excluding hydrogens is 422 g/mol. The smallest absolute Gasteiger partial charge is 0.200 e. The SMILES string of the molecule is OC(COc1ccc2ccccc2c1)CSc1nnc(-c2ccco2)n1C1CCCCC1. The molecule has 0 radical (unpaired) electrons. The summed E-state index contributed by atoms with van der Waals surface area (Å²) >= 11 is 1.52. The number of hydrogen-bond acceptors (Lipinski definition) is 6. The second-order valence-corrected chi connectivity index (χ2v) is 9.22. The lowest BCUT2D eigenvalue weighted by Gasteiger charge is -2.25. The summed E-state index contributed by atoms with van der Waals surface area (Å²) in [6.07, 6.45) is 6.99. The second-order valence-electron chi connectivity index (χ2n) is 8.23. The average molecular weight is 450 g/mol. The van der Waals surface area contributed by atoms with Crippen LogP contribution in [0.5, 0.6) is 5.75 Å². The van der Waals surface area contributed by atoms with Crippen LogP contribution in [0.3, 0.4) is 0 Å². The highest BCUT2D eigenvalue weighted by atomic mass is 32.2. The maximum Gasteiger partial charge on any atom is 0.200 e. The third kappa shape index (κ3) is 4.69. The van der Waals surface area contributed by atoms with Crippen LogP contribution in [0.15, 0.2) is 70.4 Å². The molecule has 4 aromatic rings. The lowest BCUT2D eigenvalue weighted by atomic mass is 9.95. The first-order chi connectivity index (χ1) is 15.8. The van der Waals surface area contributed by atoms with E-state index in [4.69, 9.17) is 9.15 Å². The van der Waals surface area contributed by atoms with Crippen molar-refractivity contribution in [2.75, 3.05) is 12.4 Å². The molecule has 0 saturated heterocycles. The number of ether oxygens (including phenoxy) is 1. The van der Waals surface area contributed by atoms with Gasteiger partial charge in [0.15, 0.2) is 10.9 Å². The predicted octanol–water partition coefficient (Wildman–Crippen LogP) is 5.73. The summed E-state index contributed by atoms with van der Waals surface area (Å²) < 4.78 is 13.7. The number of nitrogens with zero attached hydrogens (tertiary/aromatic N) is 3. The third-order valence-corrected chi connectivity index (χ3v) is 7.00. The average Bonchev–Trinajstić information content (AvgIpc) is 3.52. The van der Waals surface area contributed by atoms with E-state index in [0.29, 0.717) is 11.8 Å². The van der Waals surface area contributed by atoms with Crippen molar-refractivity contribution in [1.29, 1.82) is 0 Å². The van der Waals surface area contributed by atoms with E-state index in [1.165, 1.54) is 36.4 Å². The van der Waals surface area contributed by atoms with E-state index >= 15 is 0 Å². The molecule has 0 spiro atoms. The first-order valence-corrected chi connectivity index (χ1v) is 12.2. The Balaban J connectivity index is 1.24. The third-order valence-electron chi connectivity index (χ3n) is 5.91. The van der Waals surface area contributed by atoms with Crippen molar-refractivity contribution < 1.29 is 14.3 Å². The van der Waals surface area contributed by atoms with Crippen molar-refractivity contribution in [2.45, 2.75) is 49.4 Å². The van der Waals surface area contributed by atoms with Gasteiger partial charge in [-0.05, 0) is 47.9 Å². The van der Waals surface area contributed by atoms with Gasteiger partial charge in [0.25, 0.3) is 0 Å². The van der Waals surface area contributed by atoms with Crippen LogP contribution in [0.2, 0.25) is 0 Å². The van der Waals surface area contributed by atoms with Crippen molar-refractivity contribution in [3.05, 3.63) is 60.9 Å². The highest BCUT2D eigenvalue weighted by Gasteiger charge is 2.25. The second kappa shape index (κ2) is 9.79. The molecule has 0 aliphatic heterocycles. The predicted molar refractivity (Wildman–Crippen MR) is 126 cm³/mol. The van der Waals surface area contributed by atoms with Gasteiger partial charge in [-0.25, -0.2) is 0 Å². The molecule has 1 fully saturated rings. The maximum atomic E-state index is 10.6. The Hall–Kier alpha value is -2.77.